The van der Waals surface area contributed by atoms with E-state index in [0.29, 0.717) is 18.6 Å². The van der Waals surface area contributed by atoms with E-state index in [1.165, 1.54) is 0 Å². The van der Waals surface area contributed by atoms with Crippen LogP contribution in [0.15, 0.2) is 0 Å². The number of hydrogen-bond acceptors (Lipinski definition) is 5. The van der Waals surface area contributed by atoms with Gasteiger partial charge in [0, 0.05) is 18.8 Å². The molecule has 23 heavy (non-hydrogen) atoms. The Kier molecular flexibility index (Phi) is 9.29. The first kappa shape index (κ1) is 20.6. The maximum absolute atomic E-state index is 11.5. The largest absolute Gasteiger partial charge is 0.390 e. The van der Waals surface area contributed by atoms with Crippen molar-refractivity contribution in [1.82, 2.24) is 0 Å². The molecule has 0 spiro atoms. The van der Waals surface area contributed by atoms with Gasteiger partial charge in [-0.15, -0.1) is 0 Å². The Labute approximate surface area is 140 Å². The molecule has 0 amide bonds. The molecule has 1 aliphatic rings. The second-order valence-electron chi connectivity index (χ2n) is 7.10. The van der Waals surface area contributed by atoms with E-state index in [1.807, 2.05) is 20.8 Å². The van der Waals surface area contributed by atoms with Gasteiger partial charge in [-0.3, -0.25) is 4.79 Å². The number of carbonyl (C=O) groups is 1. The van der Waals surface area contributed by atoms with Crippen molar-refractivity contribution in [3.8, 4) is 0 Å². The van der Waals surface area contributed by atoms with Crippen LogP contribution in [0.3, 0.4) is 0 Å². The van der Waals surface area contributed by atoms with Gasteiger partial charge in [0.1, 0.15) is 11.9 Å². The standard InChI is InChI=1S/C18H34O5/c1-12(2)15(19)10-8-6-5-7-9-13(3)22-18-17(21)11-16(20)14(4)23-18/h12-14,16-18,20-21H,5-11H2,1-4H3/t13?,14-,16+,17+,18+/m0/s1. The molecule has 0 saturated carbocycles. The summed E-state index contributed by atoms with van der Waals surface area (Å²) in [6.07, 6.45) is 3.69. The molecular formula is C18H34O5. The molecule has 0 aromatic rings. The van der Waals surface area contributed by atoms with Crippen LogP contribution in [0.25, 0.3) is 0 Å². The minimum absolute atomic E-state index is 0.00869. The average molecular weight is 330 g/mol. The average Bonchev–Trinajstić information content (AvgIpc) is 2.47. The molecule has 2 N–H and O–H groups in total. The monoisotopic (exact) mass is 330 g/mol. The molecule has 0 radical (unpaired) electrons. The van der Waals surface area contributed by atoms with Gasteiger partial charge in [-0.05, 0) is 26.7 Å². The van der Waals surface area contributed by atoms with E-state index in [1.54, 1.807) is 6.92 Å². The van der Waals surface area contributed by atoms with Crippen molar-refractivity contribution in [2.75, 3.05) is 0 Å². The van der Waals surface area contributed by atoms with E-state index in [4.69, 9.17) is 9.47 Å². The molecule has 1 heterocycles. The third kappa shape index (κ3) is 7.75. The highest BCUT2D eigenvalue weighted by molar-refractivity contribution is 5.80. The SMILES string of the molecule is CC(CCCCCCC(=O)C(C)C)O[C@@H]1O[C@@H](C)[C@H](O)C[C@H]1O. The predicted molar refractivity (Wildman–Crippen MR) is 89.1 cm³/mol. The van der Waals surface area contributed by atoms with Gasteiger partial charge in [-0.25, -0.2) is 0 Å². The fourth-order valence-corrected chi connectivity index (χ4v) is 2.74. The molecule has 136 valence electrons. The Bertz CT molecular complexity index is 344. The number of aliphatic hydroxyl groups is 2. The van der Waals surface area contributed by atoms with Crippen LogP contribution in [0, 0.1) is 5.92 Å². The van der Waals surface area contributed by atoms with E-state index in [-0.39, 0.29) is 18.1 Å². The number of carbonyl (C=O) groups excluding carboxylic acids is 1. The van der Waals surface area contributed by atoms with Crippen LogP contribution >= 0.6 is 0 Å². The first-order valence-corrected chi connectivity index (χ1v) is 9.01. The third-order valence-corrected chi connectivity index (χ3v) is 4.48. The first-order valence-electron chi connectivity index (χ1n) is 9.01. The second-order valence-corrected chi connectivity index (χ2v) is 7.10. The lowest BCUT2D eigenvalue weighted by Gasteiger charge is -2.36. The van der Waals surface area contributed by atoms with E-state index in [2.05, 4.69) is 0 Å². The van der Waals surface area contributed by atoms with E-state index < -0.39 is 18.5 Å². The summed E-state index contributed by atoms with van der Waals surface area (Å²) in [6.45, 7) is 7.66. The molecule has 0 aliphatic carbocycles. The van der Waals surface area contributed by atoms with Crippen LogP contribution in [-0.2, 0) is 14.3 Å². The molecule has 1 saturated heterocycles. The molecule has 1 unspecified atom stereocenters. The maximum Gasteiger partial charge on any atom is 0.184 e. The summed E-state index contributed by atoms with van der Waals surface area (Å²) in [5.41, 5.74) is 0. The molecule has 5 atom stereocenters. The molecule has 5 nitrogen and oxygen atoms in total. The highest BCUT2D eigenvalue weighted by Crippen LogP contribution is 2.23. The number of rotatable bonds is 10. The number of hydrogen-bond donors (Lipinski definition) is 2. The Morgan fingerprint density at radius 2 is 1.78 bits per heavy atom. The fraction of sp³-hybridized carbons (Fsp3) is 0.944. The fourth-order valence-electron chi connectivity index (χ4n) is 2.74. The summed E-state index contributed by atoms with van der Waals surface area (Å²) in [5.74, 6) is 0.493. The van der Waals surface area contributed by atoms with E-state index in [0.717, 1.165) is 32.1 Å². The number of ether oxygens (including phenoxy) is 2. The van der Waals surface area contributed by atoms with E-state index >= 15 is 0 Å². The number of Topliss-reactive ketones (excluding diaryl/α,β-unsaturated/α-hetero) is 1. The zero-order valence-corrected chi connectivity index (χ0v) is 15.0. The van der Waals surface area contributed by atoms with Gasteiger partial charge in [0.15, 0.2) is 6.29 Å². The predicted octanol–water partition coefficient (Wildman–Crippen LogP) is 2.81. The molecule has 1 rings (SSSR count). The minimum Gasteiger partial charge on any atom is -0.390 e. The summed E-state index contributed by atoms with van der Waals surface area (Å²) in [6, 6.07) is 0. The molecule has 1 aliphatic heterocycles. The van der Waals surface area contributed by atoms with Crippen LogP contribution < -0.4 is 0 Å². The number of aliphatic hydroxyl groups excluding tert-OH is 2. The second kappa shape index (κ2) is 10.4. The Balaban J connectivity index is 2.10. The molecule has 0 bridgehead atoms. The van der Waals surface area contributed by atoms with Gasteiger partial charge in [-0.1, -0.05) is 33.1 Å². The molecular weight excluding hydrogens is 296 g/mol. The van der Waals surface area contributed by atoms with Crippen LogP contribution in [0.5, 0.6) is 0 Å². The highest BCUT2D eigenvalue weighted by atomic mass is 16.7. The topological polar surface area (TPSA) is 76.0 Å². The van der Waals surface area contributed by atoms with Gasteiger partial charge in [0.2, 0.25) is 0 Å². The molecule has 0 aromatic heterocycles. The summed E-state index contributed by atoms with van der Waals surface area (Å²) in [5, 5.41) is 19.5. The highest BCUT2D eigenvalue weighted by Gasteiger charge is 2.35. The molecule has 0 aromatic carbocycles. The van der Waals surface area contributed by atoms with Gasteiger partial charge in [0.25, 0.3) is 0 Å². The van der Waals surface area contributed by atoms with Crippen LogP contribution in [0.1, 0.15) is 72.6 Å². The summed E-state index contributed by atoms with van der Waals surface area (Å²) < 4.78 is 11.3. The van der Waals surface area contributed by atoms with Crippen LogP contribution in [0.4, 0.5) is 0 Å². The van der Waals surface area contributed by atoms with Crippen molar-refractivity contribution in [2.45, 2.75) is 103 Å². The van der Waals surface area contributed by atoms with Crippen molar-refractivity contribution in [3.05, 3.63) is 0 Å². The normalized spacial score (nSPS) is 29.7. The first-order chi connectivity index (χ1) is 10.8. The zero-order valence-electron chi connectivity index (χ0n) is 15.0. The van der Waals surface area contributed by atoms with Crippen LogP contribution in [-0.4, -0.2) is 46.7 Å². The summed E-state index contributed by atoms with van der Waals surface area (Å²) >= 11 is 0. The van der Waals surface area contributed by atoms with Gasteiger partial charge in [0.05, 0.1) is 18.3 Å². The van der Waals surface area contributed by atoms with E-state index in [9.17, 15) is 15.0 Å². The zero-order chi connectivity index (χ0) is 17.4. The van der Waals surface area contributed by atoms with Crippen molar-refractivity contribution >= 4 is 5.78 Å². The van der Waals surface area contributed by atoms with Crippen molar-refractivity contribution in [2.24, 2.45) is 5.92 Å². The van der Waals surface area contributed by atoms with Crippen molar-refractivity contribution in [3.63, 3.8) is 0 Å². The minimum atomic E-state index is -0.773. The Morgan fingerprint density at radius 1 is 1.13 bits per heavy atom. The quantitative estimate of drug-likeness (QED) is 0.602. The maximum atomic E-state index is 11.5. The van der Waals surface area contributed by atoms with Gasteiger partial charge >= 0.3 is 0 Å². The summed E-state index contributed by atoms with van der Waals surface area (Å²) in [7, 11) is 0. The van der Waals surface area contributed by atoms with Crippen LogP contribution in [0.2, 0.25) is 0 Å². The van der Waals surface area contributed by atoms with Crippen molar-refractivity contribution < 1.29 is 24.5 Å². The lowest BCUT2D eigenvalue weighted by Crippen LogP contribution is -2.48. The number of unbranched alkanes of at least 4 members (excludes halogenated alkanes) is 3. The van der Waals surface area contributed by atoms with Gasteiger partial charge < -0.3 is 19.7 Å². The summed E-state index contributed by atoms with van der Waals surface area (Å²) in [4.78, 5) is 11.5. The Hall–Kier alpha value is -0.490. The lowest BCUT2D eigenvalue weighted by molar-refractivity contribution is -0.273. The molecule has 1 fully saturated rings. The molecule has 5 heteroatoms. The smallest absolute Gasteiger partial charge is 0.184 e. The third-order valence-electron chi connectivity index (χ3n) is 4.48. The Morgan fingerprint density at radius 3 is 2.43 bits per heavy atom. The lowest BCUT2D eigenvalue weighted by atomic mass is 10.0. The van der Waals surface area contributed by atoms with Crippen molar-refractivity contribution in [1.29, 1.82) is 0 Å². The van der Waals surface area contributed by atoms with Gasteiger partial charge in [-0.2, -0.15) is 0 Å². The number of ketones is 1.